The molecule has 1 aromatic carbocycles. The van der Waals surface area contributed by atoms with Crippen molar-refractivity contribution in [3.05, 3.63) is 34.6 Å². The largest absolute Gasteiger partial charge is 0.235 e. The molecule has 1 aliphatic carbocycles. The highest BCUT2D eigenvalue weighted by Gasteiger charge is 2.45. The molecule has 0 amide bonds. The molecule has 1 fully saturated rings. The van der Waals surface area contributed by atoms with E-state index < -0.39 is 5.54 Å². The van der Waals surface area contributed by atoms with Crippen LogP contribution in [0, 0.1) is 19.7 Å². The average molecular weight is 205 g/mol. The predicted octanol–water partition coefficient (Wildman–Crippen LogP) is 2.77. The third-order valence-electron chi connectivity index (χ3n) is 2.99. The van der Waals surface area contributed by atoms with Gasteiger partial charge in [0.05, 0.1) is 5.54 Å². The van der Waals surface area contributed by atoms with E-state index in [9.17, 15) is 9.18 Å². The van der Waals surface area contributed by atoms with Crippen molar-refractivity contribution in [1.82, 2.24) is 0 Å². The Morgan fingerprint density at radius 2 is 2.00 bits per heavy atom. The normalized spacial score (nSPS) is 17.0. The lowest BCUT2D eigenvalue weighted by Crippen LogP contribution is -2.06. The summed E-state index contributed by atoms with van der Waals surface area (Å²) in [4.78, 5) is 14.2. The molecule has 0 saturated heterocycles. The van der Waals surface area contributed by atoms with Crippen LogP contribution < -0.4 is 0 Å². The summed E-state index contributed by atoms with van der Waals surface area (Å²) in [5.74, 6) is -0.206. The van der Waals surface area contributed by atoms with Gasteiger partial charge in [-0.25, -0.2) is 9.18 Å². The van der Waals surface area contributed by atoms with Crippen LogP contribution in [0.4, 0.5) is 4.39 Å². The summed E-state index contributed by atoms with van der Waals surface area (Å²) in [5.41, 5.74) is 2.02. The van der Waals surface area contributed by atoms with Crippen LogP contribution in [-0.2, 0) is 10.3 Å². The summed E-state index contributed by atoms with van der Waals surface area (Å²) in [6.07, 6.45) is 3.32. The molecule has 0 aromatic heterocycles. The molecular weight excluding hydrogens is 193 g/mol. The SMILES string of the molecule is Cc1cc(C2(N=C=O)CC2)c(C)cc1F. The zero-order valence-corrected chi connectivity index (χ0v) is 8.80. The van der Waals surface area contributed by atoms with E-state index in [1.54, 1.807) is 19.1 Å². The molecular formula is C12H12FNO. The third kappa shape index (κ3) is 1.59. The minimum atomic E-state index is -0.399. The summed E-state index contributed by atoms with van der Waals surface area (Å²) < 4.78 is 13.2. The maximum Gasteiger partial charge on any atom is 0.235 e. The van der Waals surface area contributed by atoms with Gasteiger partial charge in [-0.15, -0.1) is 0 Å². The van der Waals surface area contributed by atoms with Gasteiger partial charge in [-0.2, -0.15) is 4.99 Å². The van der Waals surface area contributed by atoms with E-state index in [4.69, 9.17) is 0 Å². The average Bonchev–Trinajstić information content (AvgIpc) is 2.93. The second kappa shape index (κ2) is 3.28. The van der Waals surface area contributed by atoms with E-state index in [-0.39, 0.29) is 5.82 Å². The van der Waals surface area contributed by atoms with Crippen molar-refractivity contribution in [2.75, 3.05) is 0 Å². The molecule has 1 aromatic rings. The molecule has 0 aliphatic heterocycles. The minimum absolute atomic E-state index is 0.206. The fraction of sp³-hybridized carbons (Fsp3) is 0.417. The van der Waals surface area contributed by atoms with Crippen molar-refractivity contribution >= 4 is 6.08 Å². The van der Waals surface area contributed by atoms with Gasteiger partial charge in [0, 0.05) is 0 Å². The summed E-state index contributed by atoms with van der Waals surface area (Å²) >= 11 is 0. The molecule has 0 unspecified atom stereocenters. The monoisotopic (exact) mass is 205 g/mol. The summed E-state index contributed by atoms with van der Waals surface area (Å²) in [5, 5.41) is 0. The van der Waals surface area contributed by atoms with Gasteiger partial charge in [-0.05, 0) is 49.4 Å². The number of isocyanates is 1. The first kappa shape index (κ1) is 10.1. The van der Waals surface area contributed by atoms with Crippen LogP contribution in [-0.4, -0.2) is 6.08 Å². The van der Waals surface area contributed by atoms with E-state index in [0.717, 1.165) is 24.0 Å². The zero-order valence-electron chi connectivity index (χ0n) is 8.80. The lowest BCUT2D eigenvalue weighted by molar-refractivity contribution is 0.555. The van der Waals surface area contributed by atoms with Crippen molar-refractivity contribution in [3.8, 4) is 0 Å². The van der Waals surface area contributed by atoms with Gasteiger partial charge in [-0.3, -0.25) is 0 Å². The highest BCUT2D eigenvalue weighted by molar-refractivity contribution is 5.45. The number of halogens is 1. The van der Waals surface area contributed by atoms with E-state index in [2.05, 4.69) is 4.99 Å². The minimum Gasteiger partial charge on any atom is -0.211 e. The molecule has 1 saturated carbocycles. The number of hydrogen-bond donors (Lipinski definition) is 0. The molecule has 0 heterocycles. The van der Waals surface area contributed by atoms with Gasteiger partial charge >= 0.3 is 0 Å². The lowest BCUT2D eigenvalue weighted by atomic mass is 9.97. The maximum absolute atomic E-state index is 13.2. The van der Waals surface area contributed by atoms with Crippen molar-refractivity contribution in [1.29, 1.82) is 0 Å². The molecule has 0 bridgehead atoms. The molecule has 0 radical (unpaired) electrons. The van der Waals surface area contributed by atoms with Crippen LogP contribution in [0.3, 0.4) is 0 Å². The maximum atomic E-state index is 13.2. The van der Waals surface area contributed by atoms with Gasteiger partial charge in [0.15, 0.2) is 0 Å². The molecule has 0 spiro atoms. The first-order valence-corrected chi connectivity index (χ1v) is 4.95. The Bertz CT molecular complexity index is 457. The van der Waals surface area contributed by atoms with Crippen LogP contribution in [0.15, 0.2) is 17.1 Å². The van der Waals surface area contributed by atoms with Crippen LogP contribution in [0.2, 0.25) is 0 Å². The van der Waals surface area contributed by atoms with Gasteiger partial charge < -0.3 is 0 Å². The van der Waals surface area contributed by atoms with Gasteiger partial charge in [0.2, 0.25) is 6.08 Å². The van der Waals surface area contributed by atoms with Crippen LogP contribution in [0.5, 0.6) is 0 Å². The third-order valence-corrected chi connectivity index (χ3v) is 2.99. The van der Waals surface area contributed by atoms with E-state index >= 15 is 0 Å². The molecule has 0 atom stereocenters. The Balaban J connectivity index is 2.54. The smallest absolute Gasteiger partial charge is 0.211 e. The number of rotatable bonds is 2. The lowest BCUT2D eigenvalue weighted by Gasteiger charge is -2.13. The number of hydrogen-bond acceptors (Lipinski definition) is 2. The topological polar surface area (TPSA) is 29.4 Å². The number of nitrogens with zero attached hydrogens (tertiary/aromatic N) is 1. The first-order valence-electron chi connectivity index (χ1n) is 4.95. The number of carbonyl (C=O) groups excluding carboxylic acids is 1. The first-order chi connectivity index (χ1) is 7.09. The Labute approximate surface area is 87.8 Å². The number of aliphatic imine (C=N–C) groups is 1. The Morgan fingerprint density at radius 3 is 2.53 bits per heavy atom. The van der Waals surface area contributed by atoms with Crippen molar-refractivity contribution < 1.29 is 9.18 Å². The molecule has 15 heavy (non-hydrogen) atoms. The Morgan fingerprint density at radius 1 is 1.33 bits per heavy atom. The summed E-state index contributed by atoms with van der Waals surface area (Å²) in [7, 11) is 0. The van der Waals surface area contributed by atoms with Gasteiger partial charge in [-0.1, -0.05) is 6.07 Å². The van der Waals surface area contributed by atoms with Crippen LogP contribution in [0.1, 0.15) is 29.5 Å². The molecule has 78 valence electrons. The van der Waals surface area contributed by atoms with E-state index in [0.29, 0.717) is 5.56 Å². The standard InChI is InChI=1S/C12H12FNO/c1-8-6-11(13)9(2)5-10(8)12(3-4-12)14-7-15/h5-6H,3-4H2,1-2H3. The number of aryl methyl sites for hydroxylation is 2. The van der Waals surface area contributed by atoms with E-state index in [1.807, 2.05) is 6.92 Å². The van der Waals surface area contributed by atoms with E-state index in [1.165, 1.54) is 6.07 Å². The second-order valence-corrected chi connectivity index (χ2v) is 4.15. The van der Waals surface area contributed by atoms with Crippen molar-refractivity contribution in [2.24, 2.45) is 4.99 Å². The van der Waals surface area contributed by atoms with Crippen molar-refractivity contribution in [3.63, 3.8) is 0 Å². The fourth-order valence-corrected chi connectivity index (χ4v) is 1.93. The molecule has 1 aliphatic rings. The molecule has 3 heteroatoms. The number of benzene rings is 1. The summed E-state index contributed by atoms with van der Waals surface area (Å²) in [6, 6.07) is 3.30. The molecule has 2 rings (SSSR count). The quantitative estimate of drug-likeness (QED) is 0.539. The second-order valence-electron chi connectivity index (χ2n) is 4.15. The molecule has 2 nitrogen and oxygen atoms in total. The highest BCUT2D eigenvalue weighted by Crippen LogP contribution is 2.50. The highest BCUT2D eigenvalue weighted by atomic mass is 19.1. The summed E-state index contributed by atoms with van der Waals surface area (Å²) in [6.45, 7) is 3.57. The van der Waals surface area contributed by atoms with Gasteiger partial charge in [0.25, 0.3) is 0 Å². The fourth-order valence-electron chi connectivity index (χ4n) is 1.93. The van der Waals surface area contributed by atoms with Crippen LogP contribution >= 0.6 is 0 Å². The van der Waals surface area contributed by atoms with Crippen molar-refractivity contribution in [2.45, 2.75) is 32.2 Å². The molecule has 0 N–H and O–H groups in total. The zero-order chi connectivity index (χ0) is 11.1. The predicted molar refractivity (Wildman–Crippen MR) is 54.9 cm³/mol. The van der Waals surface area contributed by atoms with Gasteiger partial charge in [0.1, 0.15) is 5.82 Å². The Hall–Kier alpha value is -1.47. The van der Waals surface area contributed by atoms with Crippen LogP contribution in [0.25, 0.3) is 0 Å². The Kier molecular flexibility index (Phi) is 2.20.